The third-order valence-corrected chi connectivity index (χ3v) is 1.62. The largest absolute Gasteiger partial charge is 0.103 e. The zero-order valence-electron chi connectivity index (χ0n) is 12.0. The third-order valence-electron chi connectivity index (χ3n) is 1.62. The zero-order chi connectivity index (χ0) is 13.2. The molecule has 0 saturated heterocycles. The van der Waals surface area contributed by atoms with E-state index >= 15 is 0 Å². The maximum atomic E-state index is 3.60. The Hall–Kier alpha value is -0.780. The normalized spacial score (nSPS) is 8.06. The van der Waals surface area contributed by atoms with Crippen LogP contribution in [0.25, 0.3) is 0 Å². The molecule has 0 rings (SSSR count). The average molecular weight is 224 g/mol. The van der Waals surface area contributed by atoms with Gasteiger partial charge in [0, 0.05) is 0 Å². The molecule has 0 spiro atoms. The first-order valence-electron chi connectivity index (χ1n) is 6.43. The minimum Gasteiger partial charge on any atom is -0.103 e. The van der Waals surface area contributed by atoms with Crippen molar-refractivity contribution in [1.82, 2.24) is 0 Å². The molecule has 0 atom stereocenters. The average Bonchev–Trinajstić information content (AvgIpc) is 2.21. The number of allylic oxidation sites excluding steroid dienone is 3. The Balaban J connectivity index is -0.000000160. The topological polar surface area (TPSA) is 0 Å². The lowest BCUT2D eigenvalue weighted by atomic mass is 10.1. The molecule has 0 aliphatic rings. The van der Waals surface area contributed by atoms with Crippen molar-refractivity contribution in [2.45, 2.75) is 59.8 Å². The molecule has 0 unspecified atom stereocenters. The Morgan fingerprint density at radius 3 is 1.19 bits per heavy atom. The summed E-state index contributed by atoms with van der Waals surface area (Å²) in [4.78, 5) is 0. The van der Waals surface area contributed by atoms with Crippen LogP contribution < -0.4 is 0 Å². The van der Waals surface area contributed by atoms with E-state index in [1.807, 2.05) is 18.2 Å². The molecule has 0 nitrogen and oxygen atoms in total. The van der Waals surface area contributed by atoms with Crippen molar-refractivity contribution < 1.29 is 0 Å². The summed E-state index contributed by atoms with van der Waals surface area (Å²) >= 11 is 0. The second-order valence-corrected chi connectivity index (χ2v) is 4.07. The van der Waals surface area contributed by atoms with E-state index in [-0.39, 0.29) is 0 Å². The quantitative estimate of drug-likeness (QED) is 0.474. The first kappa shape index (κ1) is 20.6. The van der Waals surface area contributed by atoms with Gasteiger partial charge >= 0.3 is 0 Å². The van der Waals surface area contributed by atoms with E-state index in [2.05, 4.69) is 47.4 Å². The third kappa shape index (κ3) is 51.0. The van der Waals surface area contributed by atoms with Crippen LogP contribution in [0.3, 0.4) is 0 Å². The van der Waals surface area contributed by atoms with Crippen LogP contribution in [0, 0.1) is 5.92 Å². The smallest absolute Gasteiger partial charge is 0.0330 e. The van der Waals surface area contributed by atoms with E-state index in [1.54, 1.807) is 0 Å². The lowest BCUT2D eigenvalue weighted by Crippen LogP contribution is -1.78. The first-order chi connectivity index (χ1) is 7.60. The van der Waals surface area contributed by atoms with Gasteiger partial charge in [-0.05, 0) is 25.2 Å². The molecule has 0 heteroatoms. The van der Waals surface area contributed by atoms with Crippen LogP contribution in [-0.4, -0.2) is 0 Å². The van der Waals surface area contributed by atoms with Crippen molar-refractivity contribution in [3.63, 3.8) is 0 Å². The summed E-state index contributed by atoms with van der Waals surface area (Å²) in [5, 5.41) is 0. The summed E-state index contributed by atoms with van der Waals surface area (Å²) in [6.45, 7) is 19.3. The van der Waals surface area contributed by atoms with Gasteiger partial charge in [-0.3, -0.25) is 0 Å². The molecule has 0 bridgehead atoms. The summed E-state index contributed by atoms with van der Waals surface area (Å²) < 4.78 is 0. The molecule has 0 aliphatic carbocycles. The fourth-order valence-corrected chi connectivity index (χ4v) is 0.742. The van der Waals surface area contributed by atoms with Crippen molar-refractivity contribution in [2.24, 2.45) is 5.92 Å². The van der Waals surface area contributed by atoms with Gasteiger partial charge in [-0.15, -0.1) is 19.7 Å². The van der Waals surface area contributed by atoms with E-state index < -0.39 is 0 Å². The minimum absolute atomic E-state index is 0.780. The Morgan fingerprint density at radius 1 is 0.812 bits per heavy atom. The van der Waals surface area contributed by atoms with Gasteiger partial charge in [0.05, 0.1) is 0 Å². The van der Waals surface area contributed by atoms with E-state index in [4.69, 9.17) is 0 Å². The van der Waals surface area contributed by atoms with Crippen molar-refractivity contribution in [3.05, 3.63) is 38.0 Å². The molecule has 96 valence electrons. The number of unbranched alkanes of at least 4 members (excludes halogenated alkanes) is 2. The highest BCUT2D eigenvalue weighted by molar-refractivity contribution is 4.67. The molecule has 0 aromatic carbocycles. The van der Waals surface area contributed by atoms with Crippen LogP contribution in [0.4, 0.5) is 0 Å². The number of rotatable bonds is 6. The Morgan fingerprint density at radius 2 is 1.19 bits per heavy atom. The minimum atomic E-state index is 0.780. The summed E-state index contributed by atoms with van der Waals surface area (Å²) in [7, 11) is 0. The Labute approximate surface area is 104 Å². The van der Waals surface area contributed by atoms with Crippen LogP contribution in [0.5, 0.6) is 0 Å². The summed E-state index contributed by atoms with van der Waals surface area (Å²) in [6, 6.07) is 0. The summed E-state index contributed by atoms with van der Waals surface area (Å²) in [6.07, 6.45) is 11.7. The first-order valence-corrected chi connectivity index (χ1v) is 6.43. The van der Waals surface area contributed by atoms with Crippen molar-refractivity contribution in [1.29, 1.82) is 0 Å². The van der Waals surface area contributed by atoms with Crippen molar-refractivity contribution in [3.8, 4) is 0 Å². The second-order valence-electron chi connectivity index (χ2n) is 4.07. The van der Waals surface area contributed by atoms with Gasteiger partial charge in [0.15, 0.2) is 0 Å². The van der Waals surface area contributed by atoms with Gasteiger partial charge in [-0.1, -0.05) is 58.8 Å². The predicted octanol–water partition coefficient (Wildman–Crippen LogP) is 6.16. The molecule has 0 aromatic heterocycles. The van der Waals surface area contributed by atoms with Gasteiger partial charge < -0.3 is 0 Å². The summed E-state index contributed by atoms with van der Waals surface area (Å²) in [5.74, 6) is 0.780. The molecule has 0 amide bonds. The monoisotopic (exact) mass is 224 g/mol. The van der Waals surface area contributed by atoms with Crippen LogP contribution in [-0.2, 0) is 0 Å². The summed E-state index contributed by atoms with van der Waals surface area (Å²) in [5.41, 5.74) is 0. The van der Waals surface area contributed by atoms with E-state index in [0.29, 0.717) is 0 Å². The molecule has 0 aliphatic heterocycles. The van der Waals surface area contributed by atoms with Crippen molar-refractivity contribution in [2.75, 3.05) is 0 Å². The van der Waals surface area contributed by atoms with Crippen molar-refractivity contribution >= 4 is 0 Å². The van der Waals surface area contributed by atoms with Gasteiger partial charge in [0.1, 0.15) is 0 Å². The standard InChI is InChI=1S/C6H12.2C5H10/c1-4-5-6(2)3;2*1-3-5-4-2/h4,6H,1,5H2,2-3H3;2*3H,1,4-5H2,2H3. The van der Waals surface area contributed by atoms with Gasteiger partial charge in [-0.2, -0.15) is 0 Å². The van der Waals surface area contributed by atoms with E-state index in [0.717, 1.165) is 25.2 Å². The molecule has 16 heavy (non-hydrogen) atoms. The SMILES string of the molecule is C=CCC(C)C.C=CCCC.C=CCCC. The van der Waals surface area contributed by atoms with E-state index in [9.17, 15) is 0 Å². The van der Waals surface area contributed by atoms with E-state index in [1.165, 1.54) is 12.8 Å². The van der Waals surface area contributed by atoms with Gasteiger partial charge in [0.2, 0.25) is 0 Å². The Bertz CT molecular complexity index is 121. The molecule has 0 heterocycles. The number of hydrogen-bond donors (Lipinski definition) is 0. The zero-order valence-corrected chi connectivity index (χ0v) is 12.0. The highest BCUT2D eigenvalue weighted by Crippen LogP contribution is 1.96. The molecular formula is C16H32. The van der Waals surface area contributed by atoms with Gasteiger partial charge in [-0.25, -0.2) is 0 Å². The maximum absolute atomic E-state index is 3.60. The molecule has 0 N–H and O–H groups in total. The molecule has 0 radical (unpaired) electrons. The van der Waals surface area contributed by atoms with Crippen LogP contribution in [0.15, 0.2) is 38.0 Å². The lowest BCUT2D eigenvalue weighted by Gasteiger charge is -1.92. The lowest BCUT2D eigenvalue weighted by molar-refractivity contribution is 0.664. The van der Waals surface area contributed by atoms with Crippen LogP contribution in [0.1, 0.15) is 59.8 Å². The second kappa shape index (κ2) is 23.8. The highest BCUT2D eigenvalue weighted by Gasteiger charge is 1.82. The van der Waals surface area contributed by atoms with Gasteiger partial charge in [0.25, 0.3) is 0 Å². The Kier molecular flexibility index (Phi) is 30.6. The fourth-order valence-electron chi connectivity index (χ4n) is 0.742. The predicted molar refractivity (Wildman–Crippen MR) is 79.9 cm³/mol. The van der Waals surface area contributed by atoms with Crippen LogP contribution in [0.2, 0.25) is 0 Å². The highest BCUT2D eigenvalue weighted by atomic mass is 13.9. The molecule has 0 saturated carbocycles. The molecular weight excluding hydrogens is 192 g/mol. The molecule has 0 fully saturated rings. The fraction of sp³-hybridized carbons (Fsp3) is 0.625. The number of hydrogen-bond acceptors (Lipinski definition) is 0. The van der Waals surface area contributed by atoms with Crippen LogP contribution >= 0.6 is 0 Å². The molecule has 0 aromatic rings. The maximum Gasteiger partial charge on any atom is -0.0330 e.